The normalized spacial score (nSPS) is 41.3. The summed E-state index contributed by atoms with van der Waals surface area (Å²) in [7, 11) is 0. The molecule has 4 fully saturated rings. The fourth-order valence-electron chi connectivity index (χ4n) is 6.80. The fourth-order valence-corrected chi connectivity index (χ4v) is 6.80. The summed E-state index contributed by atoms with van der Waals surface area (Å²) >= 11 is 0. The van der Waals surface area contributed by atoms with E-state index in [1.54, 1.807) is 0 Å². The summed E-state index contributed by atoms with van der Waals surface area (Å²) in [5.41, 5.74) is 2.93. The SMILES string of the molecule is CCOc1ccc(CNC23CC4CC(C)(CC(C)(C4)C2)C3)cc1. The number of hydrogen-bond donors (Lipinski definition) is 1. The maximum Gasteiger partial charge on any atom is 0.119 e. The zero-order valence-electron chi connectivity index (χ0n) is 15.0. The minimum Gasteiger partial charge on any atom is -0.494 e. The molecule has 0 aliphatic heterocycles. The van der Waals surface area contributed by atoms with Gasteiger partial charge >= 0.3 is 0 Å². The second-order valence-electron chi connectivity index (χ2n) is 9.34. The van der Waals surface area contributed by atoms with E-state index < -0.39 is 0 Å². The smallest absolute Gasteiger partial charge is 0.119 e. The molecule has 0 heterocycles. The molecule has 2 heteroatoms. The number of benzene rings is 1. The molecule has 2 unspecified atom stereocenters. The van der Waals surface area contributed by atoms with Gasteiger partial charge in [-0.25, -0.2) is 0 Å². The molecule has 5 rings (SSSR count). The third-order valence-corrected chi connectivity index (χ3v) is 6.53. The van der Waals surface area contributed by atoms with E-state index in [-0.39, 0.29) is 0 Å². The van der Waals surface area contributed by atoms with Crippen LogP contribution in [0.5, 0.6) is 5.75 Å². The largest absolute Gasteiger partial charge is 0.494 e. The molecular weight excluding hydrogens is 282 g/mol. The molecule has 2 nitrogen and oxygen atoms in total. The van der Waals surface area contributed by atoms with Crippen LogP contribution in [-0.2, 0) is 6.54 Å². The van der Waals surface area contributed by atoms with Gasteiger partial charge in [0.1, 0.15) is 5.75 Å². The highest BCUT2D eigenvalue weighted by Gasteiger charge is 2.59. The lowest BCUT2D eigenvalue weighted by Gasteiger charge is -2.65. The van der Waals surface area contributed by atoms with Gasteiger partial charge in [0, 0.05) is 12.1 Å². The van der Waals surface area contributed by atoms with Gasteiger partial charge in [0.15, 0.2) is 0 Å². The predicted molar refractivity (Wildman–Crippen MR) is 94.6 cm³/mol. The average molecular weight is 313 g/mol. The first-order valence-corrected chi connectivity index (χ1v) is 9.39. The van der Waals surface area contributed by atoms with Crippen LogP contribution in [0.15, 0.2) is 24.3 Å². The topological polar surface area (TPSA) is 21.3 Å². The monoisotopic (exact) mass is 313 g/mol. The summed E-state index contributed by atoms with van der Waals surface area (Å²) in [6.45, 7) is 8.85. The van der Waals surface area contributed by atoms with Crippen molar-refractivity contribution in [1.82, 2.24) is 5.32 Å². The van der Waals surface area contributed by atoms with Crippen molar-refractivity contribution >= 4 is 0 Å². The Morgan fingerprint density at radius 1 is 1.00 bits per heavy atom. The predicted octanol–water partition coefficient (Wildman–Crippen LogP) is 4.92. The van der Waals surface area contributed by atoms with Crippen LogP contribution in [0.1, 0.15) is 64.9 Å². The van der Waals surface area contributed by atoms with Crippen LogP contribution < -0.4 is 10.1 Å². The first kappa shape index (κ1) is 15.5. The second-order valence-corrected chi connectivity index (χ2v) is 9.34. The van der Waals surface area contributed by atoms with Gasteiger partial charge in [-0.3, -0.25) is 0 Å². The van der Waals surface area contributed by atoms with Crippen molar-refractivity contribution in [1.29, 1.82) is 0 Å². The molecular formula is C21H31NO. The Labute approximate surface area is 141 Å². The third-order valence-electron chi connectivity index (χ3n) is 6.53. The molecule has 1 aromatic rings. The van der Waals surface area contributed by atoms with Crippen LogP contribution in [-0.4, -0.2) is 12.1 Å². The van der Waals surface area contributed by atoms with Crippen LogP contribution in [0.2, 0.25) is 0 Å². The lowest BCUT2D eigenvalue weighted by molar-refractivity contribution is -0.118. The van der Waals surface area contributed by atoms with Crippen LogP contribution >= 0.6 is 0 Å². The average Bonchev–Trinajstić information content (AvgIpc) is 2.43. The zero-order chi connectivity index (χ0) is 16.1. The summed E-state index contributed by atoms with van der Waals surface area (Å²) < 4.78 is 5.55. The Hall–Kier alpha value is -1.02. The lowest BCUT2D eigenvalue weighted by Crippen LogP contribution is -2.63. The van der Waals surface area contributed by atoms with Gasteiger partial charge < -0.3 is 10.1 Å². The van der Waals surface area contributed by atoms with Crippen LogP contribution in [0.25, 0.3) is 0 Å². The molecule has 4 aliphatic rings. The molecule has 4 aliphatic carbocycles. The first-order valence-electron chi connectivity index (χ1n) is 9.39. The van der Waals surface area contributed by atoms with Gasteiger partial charge in [-0.1, -0.05) is 26.0 Å². The Bertz CT molecular complexity index is 560. The van der Waals surface area contributed by atoms with Crippen molar-refractivity contribution in [2.24, 2.45) is 16.7 Å². The highest BCUT2D eigenvalue weighted by Crippen LogP contribution is 2.66. The van der Waals surface area contributed by atoms with E-state index in [9.17, 15) is 0 Å². The quantitative estimate of drug-likeness (QED) is 0.832. The highest BCUT2D eigenvalue weighted by atomic mass is 16.5. The molecule has 126 valence electrons. The van der Waals surface area contributed by atoms with E-state index in [2.05, 4.69) is 43.4 Å². The van der Waals surface area contributed by atoms with Crippen molar-refractivity contribution in [2.75, 3.05) is 6.61 Å². The molecule has 0 radical (unpaired) electrons. The minimum absolute atomic E-state index is 0.390. The van der Waals surface area contributed by atoms with Crippen LogP contribution in [0.3, 0.4) is 0 Å². The molecule has 0 saturated heterocycles. The summed E-state index contributed by atoms with van der Waals surface area (Å²) in [5.74, 6) is 1.93. The molecule has 1 N–H and O–H groups in total. The number of ether oxygens (including phenoxy) is 1. The summed E-state index contributed by atoms with van der Waals surface area (Å²) in [5, 5.41) is 4.00. The highest BCUT2D eigenvalue weighted by molar-refractivity contribution is 5.27. The van der Waals surface area contributed by atoms with Gasteiger partial charge in [0.25, 0.3) is 0 Å². The first-order chi connectivity index (χ1) is 10.9. The van der Waals surface area contributed by atoms with E-state index in [1.807, 2.05) is 6.92 Å². The lowest BCUT2D eigenvalue weighted by atomic mass is 9.43. The Morgan fingerprint density at radius 2 is 1.65 bits per heavy atom. The zero-order valence-corrected chi connectivity index (χ0v) is 15.0. The van der Waals surface area contributed by atoms with E-state index >= 15 is 0 Å². The van der Waals surface area contributed by atoms with Crippen molar-refractivity contribution in [3.05, 3.63) is 29.8 Å². The van der Waals surface area contributed by atoms with Crippen molar-refractivity contribution in [3.8, 4) is 5.75 Å². The maximum atomic E-state index is 5.55. The van der Waals surface area contributed by atoms with E-state index in [1.165, 1.54) is 44.1 Å². The maximum absolute atomic E-state index is 5.55. The van der Waals surface area contributed by atoms with Gasteiger partial charge in [-0.05, 0) is 79.9 Å². The molecule has 4 saturated carbocycles. The van der Waals surface area contributed by atoms with Crippen LogP contribution in [0, 0.1) is 16.7 Å². The number of nitrogens with one attached hydrogen (secondary N) is 1. The summed E-state index contributed by atoms with van der Waals surface area (Å²) in [6.07, 6.45) is 8.54. The Balaban J connectivity index is 1.46. The Morgan fingerprint density at radius 3 is 2.22 bits per heavy atom. The number of hydrogen-bond acceptors (Lipinski definition) is 2. The van der Waals surface area contributed by atoms with E-state index in [0.717, 1.165) is 24.8 Å². The molecule has 0 spiro atoms. The van der Waals surface area contributed by atoms with E-state index in [0.29, 0.717) is 16.4 Å². The van der Waals surface area contributed by atoms with Crippen molar-refractivity contribution in [2.45, 2.75) is 71.4 Å². The molecule has 2 atom stereocenters. The summed E-state index contributed by atoms with van der Waals surface area (Å²) in [6, 6.07) is 8.62. The van der Waals surface area contributed by atoms with Crippen molar-refractivity contribution in [3.63, 3.8) is 0 Å². The standard InChI is InChI=1S/C21H31NO/c1-4-23-18-7-5-16(6-8-18)12-22-21-11-17-9-19(2,14-21)13-20(3,10-17)15-21/h5-8,17,22H,4,9-15H2,1-3H3. The fraction of sp³-hybridized carbons (Fsp3) is 0.714. The minimum atomic E-state index is 0.390. The van der Waals surface area contributed by atoms with Gasteiger partial charge in [0.05, 0.1) is 6.61 Å². The second kappa shape index (κ2) is 5.24. The third kappa shape index (κ3) is 2.91. The molecule has 23 heavy (non-hydrogen) atoms. The van der Waals surface area contributed by atoms with Gasteiger partial charge in [-0.2, -0.15) is 0 Å². The molecule has 0 amide bonds. The molecule has 0 aromatic heterocycles. The molecule has 4 bridgehead atoms. The Kier molecular flexibility index (Phi) is 3.53. The van der Waals surface area contributed by atoms with Crippen LogP contribution in [0.4, 0.5) is 0 Å². The van der Waals surface area contributed by atoms with E-state index in [4.69, 9.17) is 4.74 Å². The number of rotatable bonds is 5. The molecule has 1 aromatic carbocycles. The summed E-state index contributed by atoms with van der Waals surface area (Å²) in [4.78, 5) is 0. The van der Waals surface area contributed by atoms with Crippen molar-refractivity contribution < 1.29 is 4.74 Å². The van der Waals surface area contributed by atoms with Gasteiger partial charge in [0.2, 0.25) is 0 Å². The van der Waals surface area contributed by atoms with Gasteiger partial charge in [-0.15, -0.1) is 0 Å².